The van der Waals surface area contributed by atoms with Gasteiger partial charge in [-0.05, 0) is 31.0 Å². The molecule has 0 heterocycles. The fourth-order valence-corrected chi connectivity index (χ4v) is 2.31. The molecule has 0 unspecified atom stereocenters. The van der Waals surface area contributed by atoms with Crippen LogP contribution in [0, 0.1) is 6.92 Å². The van der Waals surface area contributed by atoms with Crippen molar-refractivity contribution in [2.24, 2.45) is 0 Å². The van der Waals surface area contributed by atoms with Gasteiger partial charge in [-0.25, -0.2) is 0 Å². The molecule has 3 heteroatoms. The number of para-hydroxylation sites is 1. The summed E-state index contributed by atoms with van der Waals surface area (Å²) in [7, 11) is 1.67. The average molecular weight is 285 g/mol. The smallest absolute Gasteiger partial charge is 0.165 e. The Balaban J connectivity index is 2.04. The SMILES string of the molecule is CCOc1c(CNCc2ccccc2C)cccc1OC. The quantitative estimate of drug-likeness (QED) is 0.841. The van der Waals surface area contributed by atoms with Gasteiger partial charge in [-0.2, -0.15) is 0 Å². The summed E-state index contributed by atoms with van der Waals surface area (Å²) in [5.41, 5.74) is 3.74. The topological polar surface area (TPSA) is 30.5 Å². The summed E-state index contributed by atoms with van der Waals surface area (Å²) in [6.45, 7) is 6.34. The first-order valence-corrected chi connectivity index (χ1v) is 7.30. The molecule has 1 N–H and O–H groups in total. The minimum atomic E-state index is 0.630. The van der Waals surface area contributed by atoms with Crippen LogP contribution in [0.2, 0.25) is 0 Å². The van der Waals surface area contributed by atoms with Crippen molar-refractivity contribution in [3.8, 4) is 11.5 Å². The molecule has 2 rings (SSSR count). The van der Waals surface area contributed by atoms with Gasteiger partial charge in [-0.3, -0.25) is 0 Å². The van der Waals surface area contributed by atoms with Crippen LogP contribution in [0.4, 0.5) is 0 Å². The largest absolute Gasteiger partial charge is 0.493 e. The van der Waals surface area contributed by atoms with Crippen molar-refractivity contribution >= 4 is 0 Å². The van der Waals surface area contributed by atoms with Crippen molar-refractivity contribution in [1.29, 1.82) is 0 Å². The van der Waals surface area contributed by atoms with Crippen molar-refractivity contribution in [3.05, 3.63) is 59.2 Å². The highest BCUT2D eigenvalue weighted by Crippen LogP contribution is 2.31. The van der Waals surface area contributed by atoms with E-state index in [9.17, 15) is 0 Å². The Labute approximate surface area is 126 Å². The lowest BCUT2D eigenvalue weighted by Gasteiger charge is -2.15. The van der Waals surface area contributed by atoms with E-state index in [1.165, 1.54) is 11.1 Å². The van der Waals surface area contributed by atoms with Gasteiger partial charge in [0.2, 0.25) is 0 Å². The molecule has 0 aromatic heterocycles. The summed E-state index contributed by atoms with van der Waals surface area (Å²) in [5, 5.41) is 3.47. The minimum absolute atomic E-state index is 0.630. The third-order valence-corrected chi connectivity index (χ3v) is 3.46. The number of methoxy groups -OCH3 is 1. The van der Waals surface area contributed by atoms with E-state index >= 15 is 0 Å². The summed E-state index contributed by atoms with van der Waals surface area (Å²) >= 11 is 0. The molecule has 0 fully saturated rings. The molecule has 0 spiro atoms. The summed E-state index contributed by atoms with van der Waals surface area (Å²) < 4.78 is 11.1. The van der Waals surface area contributed by atoms with Gasteiger partial charge in [0.1, 0.15) is 0 Å². The van der Waals surface area contributed by atoms with E-state index in [0.29, 0.717) is 6.61 Å². The molecule has 0 amide bonds. The van der Waals surface area contributed by atoms with Crippen molar-refractivity contribution < 1.29 is 9.47 Å². The van der Waals surface area contributed by atoms with Crippen LogP contribution in [0.3, 0.4) is 0 Å². The number of hydrogen-bond donors (Lipinski definition) is 1. The zero-order chi connectivity index (χ0) is 15.1. The number of benzene rings is 2. The van der Waals surface area contributed by atoms with Gasteiger partial charge in [0.05, 0.1) is 13.7 Å². The Morgan fingerprint density at radius 1 is 0.952 bits per heavy atom. The molecule has 3 nitrogen and oxygen atoms in total. The first-order valence-electron chi connectivity index (χ1n) is 7.30. The van der Waals surface area contributed by atoms with Gasteiger partial charge in [-0.1, -0.05) is 36.4 Å². The van der Waals surface area contributed by atoms with Crippen molar-refractivity contribution in [2.45, 2.75) is 26.9 Å². The standard InChI is InChI=1S/C18H23NO2/c1-4-21-18-16(10-7-11-17(18)20-3)13-19-12-15-9-6-5-8-14(15)2/h5-11,19H,4,12-13H2,1-3H3. The molecule has 0 bridgehead atoms. The van der Waals surface area contributed by atoms with Gasteiger partial charge in [0.15, 0.2) is 11.5 Å². The van der Waals surface area contributed by atoms with E-state index in [4.69, 9.17) is 9.47 Å². The maximum Gasteiger partial charge on any atom is 0.165 e. The predicted octanol–water partition coefficient (Wildman–Crippen LogP) is 3.69. The molecule has 0 aliphatic rings. The number of aryl methyl sites for hydroxylation is 1. The Bertz CT molecular complexity index is 581. The molecular formula is C18H23NO2. The summed E-state index contributed by atoms with van der Waals surface area (Å²) in [5.74, 6) is 1.62. The molecule has 2 aromatic rings. The molecular weight excluding hydrogens is 262 g/mol. The first kappa shape index (κ1) is 15.4. The molecule has 0 saturated heterocycles. The zero-order valence-electron chi connectivity index (χ0n) is 13.0. The van der Waals surface area contributed by atoms with Gasteiger partial charge in [0.25, 0.3) is 0 Å². The van der Waals surface area contributed by atoms with Gasteiger partial charge >= 0.3 is 0 Å². The van der Waals surface area contributed by atoms with Gasteiger partial charge in [0, 0.05) is 18.7 Å². The number of hydrogen-bond acceptors (Lipinski definition) is 3. The third kappa shape index (κ3) is 3.99. The molecule has 0 aliphatic heterocycles. The second-order valence-corrected chi connectivity index (χ2v) is 4.91. The second-order valence-electron chi connectivity index (χ2n) is 4.91. The van der Waals surface area contributed by atoms with Crippen LogP contribution in [0.25, 0.3) is 0 Å². The fourth-order valence-electron chi connectivity index (χ4n) is 2.31. The zero-order valence-corrected chi connectivity index (χ0v) is 13.0. The second kappa shape index (κ2) is 7.70. The van der Waals surface area contributed by atoms with Crippen molar-refractivity contribution in [1.82, 2.24) is 5.32 Å². The lowest BCUT2D eigenvalue weighted by atomic mass is 10.1. The maximum atomic E-state index is 5.72. The van der Waals surface area contributed by atoms with Crippen LogP contribution in [0.15, 0.2) is 42.5 Å². The van der Waals surface area contributed by atoms with E-state index < -0.39 is 0 Å². The van der Waals surface area contributed by atoms with E-state index in [0.717, 1.165) is 30.2 Å². The fraction of sp³-hybridized carbons (Fsp3) is 0.333. The summed E-state index contributed by atoms with van der Waals surface area (Å²) in [6.07, 6.45) is 0. The normalized spacial score (nSPS) is 10.4. The molecule has 0 aliphatic carbocycles. The Kier molecular flexibility index (Phi) is 5.64. The molecule has 2 aromatic carbocycles. The molecule has 21 heavy (non-hydrogen) atoms. The van der Waals surface area contributed by atoms with Crippen molar-refractivity contribution in [2.75, 3.05) is 13.7 Å². The van der Waals surface area contributed by atoms with E-state index in [1.807, 2.05) is 19.1 Å². The van der Waals surface area contributed by atoms with Crippen LogP contribution in [-0.4, -0.2) is 13.7 Å². The molecule has 0 atom stereocenters. The highest BCUT2D eigenvalue weighted by Gasteiger charge is 2.09. The van der Waals surface area contributed by atoms with Crippen LogP contribution < -0.4 is 14.8 Å². The minimum Gasteiger partial charge on any atom is -0.493 e. The van der Waals surface area contributed by atoms with Crippen molar-refractivity contribution in [3.63, 3.8) is 0 Å². The van der Waals surface area contributed by atoms with Gasteiger partial charge < -0.3 is 14.8 Å². The highest BCUT2D eigenvalue weighted by atomic mass is 16.5. The lowest BCUT2D eigenvalue weighted by Crippen LogP contribution is -2.14. The van der Waals surface area contributed by atoms with Crippen LogP contribution in [0.5, 0.6) is 11.5 Å². The van der Waals surface area contributed by atoms with Crippen LogP contribution >= 0.6 is 0 Å². The monoisotopic (exact) mass is 285 g/mol. The Morgan fingerprint density at radius 3 is 2.38 bits per heavy atom. The van der Waals surface area contributed by atoms with E-state index in [-0.39, 0.29) is 0 Å². The van der Waals surface area contributed by atoms with E-state index in [2.05, 4.69) is 42.6 Å². The van der Waals surface area contributed by atoms with Crippen LogP contribution in [0.1, 0.15) is 23.6 Å². The van der Waals surface area contributed by atoms with E-state index in [1.54, 1.807) is 7.11 Å². The first-order chi connectivity index (χ1) is 10.3. The van der Waals surface area contributed by atoms with Crippen LogP contribution in [-0.2, 0) is 13.1 Å². The maximum absolute atomic E-state index is 5.72. The number of ether oxygens (including phenoxy) is 2. The average Bonchev–Trinajstić information content (AvgIpc) is 2.51. The highest BCUT2D eigenvalue weighted by molar-refractivity contribution is 5.46. The number of rotatable bonds is 7. The van der Waals surface area contributed by atoms with Gasteiger partial charge in [-0.15, -0.1) is 0 Å². The third-order valence-electron chi connectivity index (χ3n) is 3.46. The molecule has 0 radical (unpaired) electrons. The number of nitrogens with one attached hydrogen (secondary N) is 1. The molecule has 112 valence electrons. The summed E-state index contributed by atoms with van der Waals surface area (Å²) in [4.78, 5) is 0. The Hall–Kier alpha value is -2.00. The Morgan fingerprint density at radius 2 is 1.67 bits per heavy atom. The lowest BCUT2D eigenvalue weighted by molar-refractivity contribution is 0.306. The predicted molar refractivity (Wildman–Crippen MR) is 85.9 cm³/mol. The molecule has 0 saturated carbocycles. The summed E-state index contributed by atoms with van der Waals surface area (Å²) in [6, 6.07) is 14.4.